The molecule has 1 atom stereocenters. The summed E-state index contributed by atoms with van der Waals surface area (Å²) in [5, 5.41) is 6.75. The Bertz CT molecular complexity index is 787. The minimum atomic E-state index is -0.330. The standard InChI is InChI=1S/C22H30N4O3.HI/c1-23-22(24-15-17-8-10-18(11-9-17)21(27)28-2)25-16-19(20-7-6-14-29-20)26-12-4-3-5-13-26;/h6-11,14,19H,3-5,12-13,15-16H2,1-2H3,(H2,23,24,25);1H. The molecular formula is C22H31IN4O3. The second kappa shape index (κ2) is 12.6. The average Bonchev–Trinajstić information content (AvgIpc) is 3.31. The number of nitrogens with zero attached hydrogens (tertiary/aromatic N) is 2. The Morgan fingerprint density at radius 1 is 1.17 bits per heavy atom. The molecule has 0 bridgehead atoms. The highest BCUT2D eigenvalue weighted by Crippen LogP contribution is 2.24. The van der Waals surface area contributed by atoms with Crippen molar-refractivity contribution in [3.63, 3.8) is 0 Å². The summed E-state index contributed by atoms with van der Waals surface area (Å²) in [6, 6.07) is 11.5. The van der Waals surface area contributed by atoms with Gasteiger partial charge in [0, 0.05) is 20.1 Å². The van der Waals surface area contributed by atoms with E-state index in [2.05, 4.69) is 20.5 Å². The van der Waals surface area contributed by atoms with Crippen LogP contribution >= 0.6 is 24.0 Å². The number of aliphatic imine (C=N–C) groups is 1. The zero-order valence-corrected chi connectivity index (χ0v) is 19.9. The Labute approximate surface area is 195 Å². The molecule has 1 aromatic carbocycles. The van der Waals surface area contributed by atoms with E-state index in [9.17, 15) is 4.79 Å². The Morgan fingerprint density at radius 3 is 2.50 bits per heavy atom. The third-order valence-electron chi connectivity index (χ3n) is 5.22. The molecular weight excluding hydrogens is 495 g/mol. The van der Waals surface area contributed by atoms with Gasteiger partial charge >= 0.3 is 5.97 Å². The number of hydrogen-bond donors (Lipinski definition) is 2. The molecule has 1 aliphatic rings. The van der Waals surface area contributed by atoms with Crippen molar-refractivity contribution in [1.82, 2.24) is 15.5 Å². The van der Waals surface area contributed by atoms with Gasteiger partial charge in [-0.25, -0.2) is 4.79 Å². The van der Waals surface area contributed by atoms with Gasteiger partial charge in [-0.1, -0.05) is 18.6 Å². The maximum atomic E-state index is 11.5. The minimum Gasteiger partial charge on any atom is -0.468 e. The monoisotopic (exact) mass is 526 g/mol. The number of piperidine rings is 1. The fourth-order valence-corrected chi connectivity index (χ4v) is 3.60. The Balaban J connectivity index is 0.00000320. The van der Waals surface area contributed by atoms with Crippen LogP contribution in [0.3, 0.4) is 0 Å². The number of esters is 1. The third-order valence-corrected chi connectivity index (χ3v) is 5.22. The number of furan rings is 1. The molecule has 164 valence electrons. The first-order valence-corrected chi connectivity index (χ1v) is 10.1. The molecule has 3 rings (SSSR count). The third kappa shape index (κ3) is 6.73. The molecule has 0 radical (unpaired) electrons. The number of carbonyl (C=O) groups is 1. The van der Waals surface area contributed by atoms with Gasteiger partial charge in [-0.15, -0.1) is 24.0 Å². The molecule has 0 spiro atoms. The zero-order valence-electron chi connectivity index (χ0n) is 17.6. The lowest BCUT2D eigenvalue weighted by Crippen LogP contribution is -2.44. The molecule has 0 amide bonds. The Hall–Kier alpha value is -2.07. The van der Waals surface area contributed by atoms with Crippen LogP contribution in [0, 0.1) is 0 Å². The molecule has 2 aromatic rings. The summed E-state index contributed by atoms with van der Waals surface area (Å²) < 4.78 is 10.4. The maximum absolute atomic E-state index is 11.5. The van der Waals surface area contributed by atoms with E-state index in [1.807, 2.05) is 24.3 Å². The first-order valence-electron chi connectivity index (χ1n) is 10.1. The van der Waals surface area contributed by atoms with Gasteiger partial charge in [0.1, 0.15) is 5.76 Å². The number of hydrogen-bond acceptors (Lipinski definition) is 5. The number of nitrogens with one attached hydrogen (secondary N) is 2. The molecule has 0 aliphatic carbocycles. The highest BCUT2D eigenvalue weighted by Gasteiger charge is 2.24. The predicted molar refractivity (Wildman–Crippen MR) is 128 cm³/mol. The van der Waals surface area contributed by atoms with E-state index in [1.54, 1.807) is 25.4 Å². The summed E-state index contributed by atoms with van der Waals surface area (Å²) in [4.78, 5) is 18.3. The normalized spacial score (nSPS) is 15.7. The Kier molecular flexibility index (Phi) is 10.2. The highest BCUT2D eigenvalue weighted by atomic mass is 127. The van der Waals surface area contributed by atoms with Crippen LogP contribution in [-0.2, 0) is 11.3 Å². The number of halogens is 1. The van der Waals surface area contributed by atoms with E-state index in [1.165, 1.54) is 26.4 Å². The average molecular weight is 526 g/mol. The summed E-state index contributed by atoms with van der Waals surface area (Å²) in [5.74, 6) is 1.38. The molecule has 1 saturated heterocycles. The number of ether oxygens (including phenoxy) is 1. The summed E-state index contributed by atoms with van der Waals surface area (Å²) >= 11 is 0. The summed E-state index contributed by atoms with van der Waals surface area (Å²) in [6.45, 7) is 3.50. The molecule has 8 heteroatoms. The molecule has 1 fully saturated rings. The molecule has 1 aromatic heterocycles. The topological polar surface area (TPSA) is 79.1 Å². The molecule has 30 heavy (non-hydrogen) atoms. The van der Waals surface area contributed by atoms with E-state index in [4.69, 9.17) is 9.15 Å². The fraction of sp³-hybridized carbons (Fsp3) is 0.455. The number of methoxy groups -OCH3 is 1. The minimum absolute atomic E-state index is 0. The van der Waals surface area contributed by atoms with Crippen molar-refractivity contribution in [1.29, 1.82) is 0 Å². The van der Waals surface area contributed by atoms with Crippen LogP contribution in [0.4, 0.5) is 0 Å². The number of benzene rings is 1. The van der Waals surface area contributed by atoms with Gasteiger partial charge < -0.3 is 19.8 Å². The lowest BCUT2D eigenvalue weighted by atomic mass is 10.1. The van der Waals surface area contributed by atoms with Crippen molar-refractivity contribution >= 4 is 35.9 Å². The van der Waals surface area contributed by atoms with Gasteiger partial charge in [0.2, 0.25) is 0 Å². The lowest BCUT2D eigenvalue weighted by molar-refractivity contribution is 0.0600. The lowest BCUT2D eigenvalue weighted by Gasteiger charge is -2.33. The van der Waals surface area contributed by atoms with Crippen molar-refractivity contribution in [3.8, 4) is 0 Å². The fourth-order valence-electron chi connectivity index (χ4n) is 3.60. The van der Waals surface area contributed by atoms with Crippen molar-refractivity contribution in [2.45, 2.75) is 31.8 Å². The van der Waals surface area contributed by atoms with Crippen molar-refractivity contribution in [3.05, 3.63) is 59.5 Å². The smallest absolute Gasteiger partial charge is 0.337 e. The number of guanidine groups is 1. The second-order valence-electron chi connectivity index (χ2n) is 7.12. The van der Waals surface area contributed by atoms with Crippen molar-refractivity contribution < 1.29 is 13.9 Å². The predicted octanol–water partition coefficient (Wildman–Crippen LogP) is 3.58. The van der Waals surface area contributed by atoms with E-state index >= 15 is 0 Å². The largest absolute Gasteiger partial charge is 0.468 e. The number of rotatable bonds is 7. The molecule has 2 N–H and O–H groups in total. The maximum Gasteiger partial charge on any atom is 0.337 e. The van der Waals surface area contributed by atoms with Crippen LogP contribution < -0.4 is 10.6 Å². The van der Waals surface area contributed by atoms with Gasteiger partial charge in [-0.05, 0) is 55.8 Å². The van der Waals surface area contributed by atoms with Gasteiger partial charge in [0.15, 0.2) is 5.96 Å². The van der Waals surface area contributed by atoms with Gasteiger partial charge in [0.25, 0.3) is 0 Å². The van der Waals surface area contributed by atoms with Crippen LogP contribution in [-0.4, -0.2) is 50.6 Å². The van der Waals surface area contributed by atoms with Crippen LogP contribution in [0.25, 0.3) is 0 Å². The number of carbonyl (C=O) groups excluding carboxylic acids is 1. The summed E-state index contributed by atoms with van der Waals surface area (Å²) in [5.41, 5.74) is 1.60. The van der Waals surface area contributed by atoms with Crippen LogP contribution in [0.15, 0.2) is 52.1 Å². The first-order chi connectivity index (χ1) is 14.2. The summed E-state index contributed by atoms with van der Waals surface area (Å²) in [6.07, 6.45) is 5.49. The van der Waals surface area contributed by atoms with E-state index < -0.39 is 0 Å². The second-order valence-corrected chi connectivity index (χ2v) is 7.12. The van der Waals surface area contributed by atoms with E-state index in [0.29, 0.717) is 18.7 Å². The van der Waals surface area contributed by atoms with Gasteiger partial charge in [0.05, 0.1) is 25.0 Å². The Morgan fingerprint density at radius 2 is 1.90 bits per heavy atom. The summed E-state index contributed by atoms with van der Waals surface area (Å²) in [7, 11) is 3.14. The SMILES string of the molecule is CN=C(NCc1ccc(C(=O)OC)cc1)NCC(c1ccco1)N1CCCCC1.I. The van der Waals surface area contributed by atoms with Crippen LogP contribution in [0.1, 0.15) is 47.0 Å². The first kappa shape index (κ1) is 24.2. The number of likely N-dealkylation sites (tertiary alicyclic amines) is 1. The molecule has 0 saturated carbocycles. The zero-order chi connectivity index (χ0) is 20.5. The van der Waals surface area contributed by atoms with Gasteiger partial charge in [-0.3, -0.25) is 9.89 Å². The molecule has 2 heterocycles. The molecule has 1 unspecified atom stereocenters. The molecule has 1 aliphatic heterocycles. The highest BCUT2D eigenvalue weighted by molar-refractivity contribution is 14.0. The quantitative estimate of drug-likeness (QED) is 0.249. The molecule has 7 nitrogen and oxygen atoms in total. The van der Waals surface area contributed by atoms with Gasteiger partial charge in [-0.2, -0.15) is 0 Å². The van der Waals surface area contributed by atoms with E-state index in [0.717, 1.165) is 30.4 Å². The van der Waals surface area contributed by atoms with Crippen LogP contribution in [0.2, 0.25) is 0 Å². The van der Waals surface area contributed by atoms with Crippen LogP contribution in [0.5, 0.6) is 0 Å². The van der Waals surface area contributed by atoms with Crippen molar-refractivity contribution in [2.75, 3.05) is 33.8 Å². The van der Waals surface area contributed by atoms with E-state index in [-0.39, 0.29) is 36.0 Å². The van der Waals surface area contributed by atoms with Crippen molar-refractivity contribution in [2.24, 2.45) is 4.99 Å².